The summed E-state index contributed by atoms with van der Waals surface area (Å²) in [4.78, 5) is 16.4. The van der Waals surface area contributed by atoms with Crippen molar-refractivity contribution in [2.75, 3.05) is 6.54 Å². The Balaban J connectivity index is 2.34. The van der Waals surface area contributed by atoms with Crippen molar-refractivity contribution >= 4 is 17.1 Å². The van der Waals surface area contributed by atoms with Crippen LogP contribution in [0.5, 0.6) is 0 Å². The number of fused-ring (bicyclic) bond motifs is 1. The van der Waals surface area contributed by atoms with Crippen LogP contribution in [0.4, 0.5) is 0 Å². The van der Waals surface area contributed by atoms with Crippen LogP contribution in [0.2, 0.25) is 0 Å². The van der Waals surface area contributed by atoms with E-state index in [0.717, 1.165) is 23.0 Å². The standard InChI is InChI=1S/C11H13N3O/c12-6-2-1-3-8-4-5-9-10(7-8)14-11(15)13-9/h1,3-5,7H,2,6,12H2,(H2,13,14,15). The lowest BCUT2D eigenvalue weighted by molar-refractivity contribution is 1.01. The highest BCUT2D eigenvalue weighted by Gasteiger charge is 1.96. The molecule has 0 amide bonds. The normalized spacial score (nSPS) is 11.5. The Hall–Kier alpha value is -1.81. The number of H-pyrrole nitrogens is 2. The average Bonchev–Trinajstić information content (AvgIpc) is 2.57. The highest BCUT2D eigenvalue weighted by atomic mass is 16.1. The van der Waals surface area contributed by atoms with Gasteiger partial charge in [0.15, 0.2) is 0 Å². The van der Waals surface area contributed by atoms with E-state index in [1.165, 1.54) is 0 Å². The summed E-state index contributed by atoms with van der Waals surface area (Å²) in [6.07, 6.45) is 4.88. The molecular formula is C11H13N3O. The zero-order chi connectivity index (χ0) is 10.7. The van der Waals surface area contributed by atoms with E-state index in [-0.39, 0.29) is 5.69 Å². The Morgan fingerprint density at radius 1 is 1.27 bits per heavy atom. The summed E-state index contributed by atoms with van der Waals surface area (Å²) in [6.45, 7) is 0.653. The van der Waals surface area contributed by atoms with Crippen LogP contribution in [0, 0.1) is 0 Å². The molecule has 0 fully saturated rings. The molecule has 0 unspecified atom stereocenters. The highest BCUT2D eigenvalue weighted by Crippen LogP contribution is 2.11. The molecule has 15 heavy (non-hydrogen) atoms. The van der Waals surface area contributed by atoms with Gasteiger partial charge in [0.25, 0.3) is 0 Å². The maximum Gasteiger partial charge on any atom is 0.323 e. The number of hydrogen-bond donors (Lipinski definition) is 3. The average molecular weight is 203 g/mol. The molecule has 0 saturated carbocycles. The van der Waals surface area contributed by atoms with Crippen LogP contribution < -0.4 is 11.4 Å². The van der Waals surface area contributed by atoms with Crippen LogP contribution >= 0.6 is 0 Å². The molecule has 0 atom stereocenters. The van der Waals surface area contributed by atoms with E-state index >= 15 is 0 Å². The molecule has 0 radical (unpaired) electrons. The molecular weight excluding hydrogens is 190 g/mol. The van der Waals surface area contributed by atoms with E-state index in [4.69, 9.17) is 5.73 Å². The van der Waals surface area contributed by atoms with Gasteiger partial charge in [-0.3, -0.25) is 0 Å². The van der Waals surface area contributed by atoms with E-state index in [0.29, 0.717) is 6.54 Å². The van der Waals surface area contributed by atoms with Crippen molar-refractivity contribution in [1.82, 2.24) is 9.97 Å². The lowest BCUT2D eigenvalue weighted by atomic mass is 10.2. The minimum absolute atomic E-state index is 0.173. The Morgan fingerprint density at radius 3 is 2.87 bits per heavy atom. The first kappa shape index (κ1) is 9.73. The topological polar surface area (TPSA) is 74.7 Å². The van der Waals surface area contributed by atoms with Gasteiger partial charge in [-0.1, -0.05) is 18.2 Å². The fraction of sp³-hybridized carbons (Fsp3) is 0.182. The SMILES string of the molecule is NCCC=Cc1ccc2[nH]c(=O)[nH]c2c1. The molecule has 78 valence electrons. The zero-order valence-corrected chi connectivity index (χ0v) is 8.29. The van der Waals surface area contributed by atoms with Gasteiger partial charge in [0.05, 0.1) is 11.0 Å². The van der Waals surface area contributed by atoms with Gasteiger partial charge in [0, 0.05) is 0 Å². The van der Waals surface area contributed by atoms with E-state index < -0.39 is 0 Å². The summed E-state index contributed by atoms with van der Waals surface area (Å²) in [7, 11) is 0. The zero-order valence-electron chi connectivity index (χ0n) is 8.29. The molecule has 0 aliphatic rings. The van der Waals surface area contributed by atoms with Gasteiger partial charge in [-0.25, -0.2) is 4.79 Å². The lowest BCUT2D eigenvalue weighted by Gasteiger charge is -1.93. The van der Waals surface area contributed by atoms with Crippen molar-refractivity contribution in [2.24, 2.45) is 5.73 Å². The van der Waals surface area contributed by atoms with Crippen LogP contribution in [0.1, 0.15) is 12.0 Å². The smallest absolute Gasteiger partial charge is 0.323 e. The van der Waals surface area contributed by atoms with Gasteiger partial charge in [-0.2, -0.15) is 0 Å². The Morgan fingerprint density at radius 2 is 2.07 bits per heavy atom. The summed E-state index contributed by atoms with van der Waals surface area (Å²) < 4.78 is 0. The highest BCUT2D eigenvalue weighted by molar-refractivity contribution is 5.77. The first-order valence-electron chi connectivity index (χ1n) is 4.88. The quantitative estimate of drug-likeness (QED) is 0.701. The number of rotatable bonds is 3. The molecule has 4 nitrogen and oxygen atoms in total. The fourth-order valence-electron chi connectivity index (χ4n) is 1.47. The summed E-state index contributed by atoms with van der Waals surface area (Å²) in [5.41, 5.74) is 7.93. The number of hydrogen-bond acceptors (Lipinski definition) is 2. The molecule has 4 heteroatoms. The van der Waals surface area contributed by atoms with Gasteiger partial charge in [0.2, 0.25) is 0 Å². The number of aromatic nitrogens is 2. The molecule has 0 spiro atoms. The number of aromatic amines is 2. The number of benzene rings is 1. The maximum atomic E-state index is 11.0. The Kier molecular flexibility index (Phi) is 2.69. The third-order valence-electron chi connectivity index (χ3n) is 2.18. The van der Waals surface area contributed by atoms with E-state index in [9.17, 15) is 4.79 Å². The first-order valence-corrected chi connectivity index (χ1v) is 4.88. The van der Waals surface area contributed by atoms with Gasteiger partial charge in [-0.15, -0.1) is 0 Å². The molecule has 0 aliphatic carbocycles. The largest absolute Gasteiger partial charge is 0.330 e. The predicted octanol–water partition coefficient (Wildman–Crippen LogP) is 1.22. The first-order chi connectivity index (χ1) is 7.29. The van der Waals surface area contributed by atoms with E-state index in [1.54, 1.807) is 0 Å². The van der Waals surface area contributed by atoms with E-state index in [1.807, 2.05) is 30.4 Å². The molecule has 0 saturated heterocycles. The van der Waals surface area contributed by atoms with Gasteiger partial charge in [0.1, 0.15) is 0 Å². The van der Waals surface area contributed by atoms with Crippen LogP contribution in [0.25, 0.3) is 17.1 Å². The van der Waals surface area contributed by atoms with Crippen molar-refractivity contribution in [2.45, 2.75) is 6.42 Å². The van der Waals surface area contributed by atoms with Crippen molar-refractivity contribution in [3.05, 3.63) is 40.3 Å². The van der Waals surface area contributed by atoms with Gasteiger partial charge in [-0.05, 0) is 30.7 Å². The molecule has 2 rings (SSSR count). The van der Waals surface area contributed by atoms with Crippen molar-refractivity contribution in [3.8, 4) is 0 Å². The molecule has 1 aromatic heterocycles. The summed E-state index contributed by atoms with van der Waals surface area (Å²) in [5, 5.41) is 0. The lowest BCUT2D eigenvalue weighted by Crippen LogP contribution is -1.99. The van der Waals surface area contributed by atoms with Crippen molar-refractivity contribution in [1.29, 1.82) is 0 Å². The van der Waals surface area contributed by atoms with Crippen LogP contribution in [-0.4, -0.2) is 16.5 Å². The third kappa shape index (κ3) is 2.16. The number of nitrogens with one attached hydrogen (secondary N) is 2. The second-order valence-electron chi connectivity index (χ2n) is 3.36. The molecule has 1 heterocycles. The molecule has 2 aromatic rings. The molecule has 4 N–H and O–H groups in total. The Bertz CT molecular complexity index is 536. The monoisotopic (exact) mass is 203 g/mol. The van der Waals surface area contributed by atoms with Gasteiger partial charge < -0.3 is 15.7 Å². The minimum Gasteiger partial charge on any atom is -0.330 e. The fourth-order valence-corrected chi connectivity index (χ4v) is 1.47. The minimum atomic E-state index is -0.173. The van der Waals surface area contributed by atoms with Crippen LogP contribution in [0.15, 0.2) is 29.1 Å². The molecule has 1 aromatic carbocycles. The Labute approximate surface area is 86.8 Å². The van der Waals surface area contributed by atoms with Crippen LogP contribution in [0.3, 0.4) is 0 Å². The maximum absolute atomic E-state index is 11.0. The summed E-state index contributed by atoms with van der Waals surface area (Å²) >= 11 is 0. The second kappa shape index (κ2) is 4.14. The summed E-state index contributed by atoms with van der Waals surface area (Å²) in [5.74, 6) is 0. The van der Waals surface area contributed by atoms with Crippen LogP contribution in [-0.2, 0) is 0 Å². The van der Waals surface area contributed by atoms with E-state index in [2.05, 4.69) is 9.97 Å². The van der Waals surface area contributed by atoms with Crippen molar-refractivity contribution < 1.29 is 0 Å². The second-order valence-corrected chi connectivity index (χ2v) is 3.36. The predicted molar refractivity (Wildman–Crippen MR) is 61.6 cm³/mol. The number of nitrogens with two attached hydrogens (primary N) is 1. The van der Waals surface area contributed by atoms with Crippen molar-refractivity contribution in [3.63, 3.8) is 0 Å². The summed E-state index contributed by atoms with van der Waals surface area (Å²) in [6, 6.07) is 5.77. The molecule has 0 bridgehead atoms. The number of imidazole rings is 1. The van der Waals surface area contributed by atoms with Gasteiger partial charge >= 0.3 is 5.69 Å². The third-order valence-corrected chi connectivity index (χ3v) is 2.18. The molecule has 0 aliphatic heterocycles.